The van der Waals surface area contributed by atoms with Crippen LogP contribution in [0.5, 0.6) is 0 Å². The number of pyridine rings is 1. The highest BCUT2D eigenvalue weighted by atomic mass is 79.9. The lowest BCUT2D eigenvalue weighted by Crippen LogP contribution is -2.04. The van der Waals surface area contributed by atoms with E-state index in [1.807, 2.05) is 6.07 Å². The van der Waals surface area contributed by atoms with E-state index in [0.717, 1.165) is 0 Å². The summed E-state index contributed by atoms with van der Waals surface area (Å²) in [5, 5.41) is 17.8. The average Bonchev–Trinajstić information content (AvgIpc) is 2.28. The number of rotatable bonds is 3. The van der Waals surface area contributed by atoms with Gasteiger partial charge in [0.2, 0.25) is 0 Å². The van der Waals surface area contributed by atoms with Gasteiger partial charge in [-0.15, -0.1) is 0 Å². The van der Waals surface area contributed by atoms with Gasteiger partial charge in [0.25, 0.3) is 6.43 Å². The van der Waals surface area contributed by atoms with E-state index in [2.05, 4.69) is 20.9 Å². The van der Waals surface area contributed by atoms with Crippen molar-refractivity contribution in [3.8, 4) is 12.1 Å². The quantitative estimate of drug-likeness (QED) is 0.803. The van der Waals surface area contributed by atoms with Crippen molar-refractivity contribution >= 4 is 15.9 Å². The normalized spacial score (nSPS) is 9.88. The third-order valence-electron chi connectivity index (χ3n) is 2.01. The van der Waals surface area contributed by atoms with E-state index in [9.17, 15) is 8.78 Å². The van der Waals surface area contributed by atoms with Gasteiger partial charge in [-0.05, 0) is 5.56 Å². The minimum absolute atomic E-state index is 0.0250. The second-order valence-corrected chi connectivity index (χ2v) is 3.46. The largest absolute Gasteiger partial charge is 0.280 e. The maximum atomic E-state index is 12.6. The summed E-state index contributed by atoms with van der Waals surface area (Å²) in [5.74, 6) is 0. The molecule has 0 aliphatic carbocycles. The van der Waals surface area contributed by atoms with Crippen molar-refractivity contribution in [3.05, 3.63) is 28.6 Å². The average molecular weight is 286 g/mol. The lowest BCUT2D eigenvalue weighted by molar-refractivity contribution is 0.145. The molecule has 3 nitrogen and oxygen atoms in total. The van der Waals surface area contributed by atoms with Crippen LogP contribution in [0.4, 0.5) is 8.78 Å². The molecule has 0 fully saturated rings. The SMILES string of the molecule is N#CCc1c(C(F)F)ncc(CBr)c1C#N. The number of nitrogens with zero attached hydrogens (tertiary/aromatic N) is 3. The van der Waals surface area contributed by atoms with Gasteiger partial charge in [0, 0.05) is 17.1 Å². The van der Waals surface area contributed by atoms with Gasteiger partial charge in [-0.25, -0.2) is 8.78 Å². The van der Waals surface area contributed by atoms with E-state index >= 15 is 0 Å². The van der Waals surface area contributed by atoms with Crippen molar-refractivity contribution in [3.63, 3.8) is 0 Å². The molecule has 82 valence electrons. The molecule has 0 unspecified atom stereocenters. The highest BCUT2D eigenvalue weighted by Gasteiger charge is 2.20. The van der Waals surface area contributed by atoms with E-state index in [1.165, 1.54) is 6.20 Å². The first-order valence-corrected chi connectivity index (χ1v) is 5.39. The Balaban J connectivity index is 3.46. The first-order chi connectivity index (χ1) is 7.65. The fourth-order valence-electron chi connectivity index (χ4n) is 1.30. The van der Waals surface area contributed by atoms with Gasteiger partial charge in [-0.1, -0.05) is 15.9 Å². The Bertz CT molecular complexity index is 474. The highest BCUT2D eigenvalue weighted by Crippen LogP contribution is 2.26. The third-order valence-corrected chi connectivity index (χ3v) is 2.61. The maximum absolute atomic E-state index is 12.6. The van der Waals surface area contributed by atoms with Gasteiger partial charge >= 0.3 is 0 Å². The molecule has 0 aliphatic heterocycles. The summed E-state index contributed by atoms with van der Waals surface area (Å²) in [6.07, 6.45) is -1.79. The predicted molar refractivity (Wildman–Crippen MR) is 55.9 cm³/mol. The molecule has 16 heavy (non-hydrogen) atoms. The Morgan fingerprint density at radius 1 is 1.44 bits per heavy atom. The lowest BCUT2D eigenvalue weighted by Gasteiger charge is -2.09. The van der Waals surface area contributed by atoms with E-state index < -0.39 is 12.1 Å². The van der Waals surface area contributed by atoms with Crippen LogP contribution >= 0.6 is 15.9 Å². The van der Waals surface area contributed by atoms with E-state index in [1.54, 1.807) is 6.07 Å². The fraction of sp³-hybridized carbons (Fsp3) is 0.300. The minimum atomic E-state index is -2.78. The number of alkyl halides is 3. The second kappa shape index (κ2) is 5.53. The van der Waals surface area contributed by atoms with Crippen LogP contribution < -0.4 is 0 Å². The topological polar surface area (TPSA) is 60.5 Å². The number of halogens is 3. The van der Waals surface area contributed by atoms with Crippen LogP contribution in [0.1, 0.15) is 28.8 Å². The molecule has 0 radical (unpaired) electrons. The first-order valence-electron chi connectivity index (χ1n) is 4.27. The van der Waals surface area contributed by atoms with Crippen molar-refractivity contribution in [2.45, 2.75) is 18.2 Å². The summed E-state index contributed by atoms with van der Waals surface area (Å²) in [6.45, 7) is 0. The van der Waals surface area contributed by atoms with Crippen LogP contribution in [0.25, 0.3) is 0 Å². The standard InChI is InChI=1S/C10H6BrF2N3/c11-3-6-5-16-9(10(12)13)7(1-2-14)8(6)4-15/h5,10H,1,3H2. The number of nitriles is 2. The smallest absolute Gasteiger partial charge is 0.255 e. The minimum Gasteiger partial charge on any atom is -0.255 e. The van der Waals surface area contributed by atoms with Gasteiger partial charge in [0.15, 0.2) is 0 Å². The molecular weight excluding hydrogens is 280 g/mol. The predicted octanol–water partition coefficient (Wildman–Crippen LogP) is 2.85. The number of aromatic nitrogens is 1. The van der Waals surface area contributed by atoms with Crippen LogP contribution in [0.15, 0.2) is 6.20 Å². The van der Waals surface area contributed by atoms with Crippen molar-refractivity contribution in [2.24, 2.45) is 0 Å². The Morgan fingerprint density at radius 3 is 2.56 bits per heavy atom. The fourth-order valence-corrected chi connectivity index (χ4v) is 1.72. The number of hydrogen-bond donors (Lipinski definition) is 0. The van der Waals surface area contributed by atoms with E-state index in [0.29, 0.717) is 10.9 Å². The van der Waals surface area contributed by atoms with Crippen LogP contribution in [0.3, 0.4) is 0 Å². The summed E-state index contributed by atoms with van der Waals surface area (Å²) in [7, 11) is 0. The Labute approximate surface area is 99.5 Å². The Morgan fingerprint density at radius 2 is 2.12 bits per heavy atom. The Kier molecular flexibility index (Phi) is 4.33. The molecular formula is C10H6BrF2N3. The molecule has 0 N–H and O–H groups in total. The zero-order valence-corrected chi connectivity index (χ0v) is 9.63. The molecule has 1 aromatic heterocycles. The molecule has 0 spiro atoms. The maximum Gasteiger partial charge on any atom is 0.280 e. The van der Waals surface area contributed by atoms with E-state index in [-0.39, 0.29) is 17.5 Å². The van der Waals surface area contributed by atoms with Crippen molar-refractivity contribution in [1.29, 1.82) is 10.5 Å². The summed E-state index contributed by atoms with van der Waals surface area (Å²) in [4.78, 5) is 3.59. The second-order valence-electron chi connectivity index (χ2n) is 2.90. The molecule has 0 aromatic carbocycles. The first kappa shape index (κ1) is 12.5. The zero-order valence-electron chi connectivity index (χ0n) is 8.04. The third kappa shape index (κ3) is 2.34. The summed E-state index contributed by atoms with van der Waals surface area (Å²) >= 11 is 3.13. The molecule has 0 atom stereocenters. The molecule has 6 heteroatoms. The van der Waals surface area contributed by atoms with Gasteiger partial charge in [-0.3, -0.25) is 4.98 Å². The summed E-state index contributed by atoms with van der Waals surface area (Å²) in [6, 6.07) is 3.61. The molecule has 0 saturated carbocycles. The van der Waals surface area contributed by atoms with Gasteiger partial charge in [0.05, 0.1) is 24.1 Å². The van der Waals surface area contributed by atoms with E-state index in [4.69, 9.17) is 10.5 Å². The molecule has 0 aliphatic rings. The summed E-state index contributed by atoms with van der Waals surface area (Å²) in [5.41, 5.74) is 0.167. The van der Waals surface area contributed by atoms with Crippen LogP contribution in [0.2, 0.25) is 0 Å². The van der Waals surface area contributed by atoms with Crippen molar-refractivity contribution in [2.75, 3.05) is 0 Å². The molecule has 1 heterocycles. The van der Waals surface area contributed by atoms with Gasteiger partial charge in [-0.2, -0.15) is 10.5 Å². The Hall–Kier alpha value is -1.53. The molecule has 0 bridgehead atoms. The lowest BCUT2D eigenvalue weighted by atomic mass is 10.0. The molecule has 0 amide bonds. The monoisotopic (exact) mass is 285 g/mol. The van der Waals surface area contributed by atoms with Gasteiger partial charge < -0.3 is 0 Å². The van der Waals surface area contributed by atoms with Crippen LogP contribution in [-0.4, -0.2) is 4.98 Å². The zero-order chi connectivity index (χ0) is 12.1. The highest BCUT2D eigenvalue weighted by molar-refractivity contribution is 9.08. The molecule has 0 saturated heterocycles. The number of hydrogen-bond acceptors (Lipinski definition) is 3. The van der Waals surface area contributed by atoms with Crippen LogP contribution in [-0.2, 0) is 11.8 Å². The van der Waals surface area contributed by atoms with Gasteiger partial charge in [0.1, 0.15) is 5.69 Å². The summed E-state index contributed by atoms with van der Waals surface area (Å²) < 4.78 is 25.2. The van der Waals surface area contributed by atoms with Crippen LogP contribution in [0, 0.1) is 22.7 Å². The van der Waals surface area contributed by atoms with Crippen molar-refractivity contribution in [1.82, 2.24) is 4.98 Å². The van der Waals surface area contributed by atoms with Crippen molar-refractivity contribution < 1.29 is 8.78 Å². The molecule has 1 rings (SSSR count). The molecule has 1 aromatic rings.